The SMILES string of the molecule is CN1CC=C2C1=Cc1ccccc12.O=CO. The van der Waals surface area contributed by atoms with Crippen LogP contribution in [0.4, 0.5) is 0 Å². The molecule has 0 spiro atoms. The Morgan fingerprint density at radius 1 is 1.38 bits per heavy atom. The highest BCUT2D eigenvalue weighted by molar-refractivity contribution is 5.95. The number of carboxylic acid groups (broad SMARTS) is 1. The maximum atomic E-state index is 8.36. The van der Waals surface area contributed by atoms with Gasteiger partial charge in [0.2, 0.25) is 0 Å². The van der Waals surface area contributed by atoms with Gasteiger partial charge in [0.05, 0.1) is 0 Å². The summed E-state index contributed by atoms with van der Waals surface area (Å²) >= 11 is 0. The Bertz CT molecular complexity index is 475. The van der Waals surface area contributed by atoms with Gasteiger partial charge in [-0.1, -0.05) is 30.3 Å². The molecule has 1 aromatic carbocycles. The number of allylic oxidation sites excluding steroid dienone is 1. The quantitative estimate of drug-likeness (QED) is 0.673. The lowest BCUT2D eigenvalue weighted by Gasteiger charge is -2.11. The first-order valence-corrected chi connectivity index (χ1v) is 5.08. The lowest BCUT2D eigenvalue weighted by atomic mass is 10.1. The van der Waals surface area contributed by atoms with Crippen LogP contribution in [0.3, 0.4) is 0 Å². The lowest BCUT2D eigenvalue weighted by Crippen LogP contribution is -2.10. The molecule has 1 aliphatic heterocycles. The molecule has 0 atom stereocenters. The molecule has 1 aromatic rings. The highest BCUT2D eigenvalue weighted by Crippen LogP contribution is 2.39. The van der Waals surface area contributed by atoms with E-state index in [4.69, 9.17) is 9.90 Å². The van der Waals surface area contributed by atoms with Gasteiger partial charge in [-0.25, -0.2) is 0 Å². The number of fused-ring (bicyclic) bond motifs is 3. The summed E-state index contributed by atoms with van der Waals surface area (Å²) in [5, 5.41) is 6.89. The van der Waals surface area contributed by atoms with Gasteiger partial charge in [0, 0.05) is 24.9 Å². The monoisotopic (exact) mass is 215 g/mol. The van der Waals surface area contributed by atoms with Crippen LogP contribution < -0.4 is 0 Å². The molecule has 0 unspecified atom stereocenters. The van der Waals surface area contributed by atoms with E-state index in [1.54, 1.807) is 0 Å². The predicted octanol–water partition coefficient (Wildman–Crippen LogP) is 2.07. The van der Waals surface area contributed by atoms with E-state index < -0.39 is 0 Å². The molecular weight excluding hydrogens is 202 g/mol. The van der Waals surface area contributed by atoms with Gasteiger partial charge >= 0.3 is 0 Å². The van der Waals surface area contributed by atoms with E-state index in [1.807, 2.05) is 0 Å². The molecule has 0 bridgehead atoms. The molecule has 3 heteroatoms. The third-order valence-corrected chi connectivity index (χ3v) is 2.80. The van der Waals surface area contributed by atoms with Crippen molar-refractivity contribution < 1.29 is 9.90 Å². The van der Waals surface area contributed by atoms with Gasteiger partial charge in [-0.05, 0) is 17.2 Å². The van der Waals surface area contributed by atoms with Crippen molar-refractivity contribution in [1.29, 1.82) is 0 Å². The minimum Gasteiger partial charge on any atom is -0.483 e. The van der Waals surface area contributed by atoms with Crippen LogP contribution in [0.5, 0.6) is 0 Å². The summed E-state index contributed by atoms with van der Waals surface area (Å²) in [6.07, 6.45) is 4.58. The van der Waals surface area contributed by atoms with E-state index in [9.17, 15) is 0 Å². The molecule has 1 aliphatic carbocycles. The van der Waals surface area contributed by atoms with Gasteiger partial charge in [0.1, 0.15) is 0 Å². The average molecular weight is 215 g/mol. The third-order valence-electron chi connectivity index (χ3n) is 2.80. The largest absolute Gasteiger partial charge is 0.483 e. The van der Waals surface area contributed by atoms with Crippen LogP contribution in [0, 0.1) is 0 Å². The lowest BCUT2D eigenvalue weighted by molar-refractivity contribution is -0.122. The van der Waals surface area contributed by atoms with Gasteiger partial charge in [-0.2, -0.15) is 0 Å². The van der Waals surface area contributed by atoms with Crippen molar-refractivity contribution in [1.82, 2.24) is 4.90 Å². The van der Waals surface area contributed by atoms with E-state index in [-0.39, 0.29) is 6.47 Å². The third kappa shape index (κ3) is 1.60. The molecule has 3 rings (SSSR count). The van der Waals surface area contributed by atoms with Crippen LogP contribution in [0.2, 0.25) is 0 Å². The first-order valence-electron chi connectivity index (χ1n) is 5.08. The Balaban J connectivity index is 0.000000292. The highest BCUT2D eigenvalue weighted by Gasteiger charge is 2.24. The fourth-order valence-corrected chi connectivity index (χ4v) is 2.09. The minimum absolute atomic E-state index is 0.250. The van der Waals surface area contributed by atoms with Crippen molar-refractivity contribution in [2.24, 2.45) is 0 Å². The summed E-state index contributed by atoms with van der Waals surface area (Å²) < 4.78 is 0. The molecule has 0 aromatic heterocycles. The van der Waals surface area contributed by atoms with E-state index >= 15 is 0 Å². The Labute approximate surface area is 94.3 Å². The van der Waals surface area contributed by atoms with Crippen molar-refractivity contribution in [3.63, 3.8) is 0 Å². The number of hydrogen-bond donors (Lipinski definition) is 1. The van der Waals surface area contributed by atoms with Gasteiger partial charge in [-0.15, -0.1) is 0 Å². The van der Waals surface area contributed by atoms with E-state index in [0.29, 0.717) is 0 Å². The van der Waals surface area contributed by atoms with Gasteiger partial charge < -0.3 is 10.0 Å². The second-order valence-electron chi connectivity index (χ2n) is 3.72. The molecule has 0 saturated carbocycles. The number of benzene rings is 1. The van der Waals surface area contributed by atoms with Gasteiger partial charge in [0.15, 0.2) is 0 Å². The van der Waals surface area contributed by atoms with Crippen LogP contribution >= 0.6 is 0 Å². The zero-order chi connectivity index (χ0) is 11.5. The maximum absolute atomic E-state index is 8.36. The summed E-state index contributed by atoms with van der Waals surface area (Å²) in [4.78, 5) is 10.6. The number of carbonyl (C=O) groups is 1. The summed E-state index contributed by atoms with van der Waals surface area (Å²) in [6, 6.07) is 8.57. The zero-order valence-corrected chi connectivity index (χ0v) is 9.05. The van der Waals surface area contributed by atoms with E-state index in [0.717, 1.165) is 6.54 Å². The molecule has 1 heterocycles. The number of rotatable bonds is 0. The van der Waals surface area contributed by atoms with Gasteiger partial charge in [0.25, 0.3) is 6.47 Å². The number of hydrogen-bond acceptors (Lipinski definition) is 2. The van der Waals surface area contributed by atoms with Crippen LogP contribution in [-0.4, -0.2) is 30.1 Å². The van der Waals surface area contributed by atoms with Crippen LogP contribution in [-0.2, 0) is 4.79 Å². The fourth-order valence-electron chi connectivity index (χ4n) is 2.09. The Morgan fingerprint density at radius 3 is 2.81 bits per heavy atom. The van der Waals surface area contributed by atoms with Gasteiger partial charge in [-0.3, -0.25) is 4.79 Å². The molecule has 0 radical (unpaired) electrons. The van der Waals surface area contributed by atoms with Crippen LogP contribution in [0.25, 0.3) is 11.6 Å². The maximum Gasteiger partial charge on any atom is 0.290 e. The summed E-state index contributed by atoms with van der Waals surface area (Å²) in [6.45, 7) is 0.801. The van der Waals surface area contributed by atoms with Crippen LogP contribution in [0.1, 0.15) is 11.1 Å². The molecule has 0 fully saturated rings. The Kier molecular flexibility index (Phi) is 2.77. The number of likely N-dealkylation sites (N-methyl/N-ethyl adjacent to an activating group) is 1. The summed E-state index contributed by atoms with van der Waals surface area (Å²) in [5.74, 6) is 0. The normalized spacial score (nSPS) is 15.4. The van der Waals surface area contributed by atoms with E-state index in [2.05, 4.69) is 48.4 Å². The average Bonchev–Trinajstić information content (AvgIpc) is 2.81. The second kappa shape index (κ2) is 4.23. The molecule has 16 heavy (non-hydrogen) atoms. The van der Waals surface area contributed by atoms with Crippen LogP contribution in [0.15, 0.2) is 36.0 Å². The first kappa shape index (κ1) is 10.5. The summed E-state index contributed by atoms with van der Waals surface area (Å²) in [7, 11) is 2.14. The van der Waals surface area contributed by atoms with Crippen molar-refractivity contribution in [2.75, 3.05) is 13.6 Å². The molecule has 82 valence electrons. The van der Waals surface area contributed by atoms with Crippen molar-refractivity contribution >= 4 is 18.1 Å². The molecule has 1 N–H and O–H groups in total. The zero-order valence-electron chi connectivity index (χ0n) is 9.05. The predicted molar refractivity (Wildman–Crippen MR) is 63.7 cm³/mol. The first-order chi connectivity index (χ1) is 7.77. The minimum atomic E-state index is -0.250. The second-order valence-corrected chi connectivity index (χ2v) is 3.72. The van der Waals surface area contributed by atoms with Crippen molar-refractivity contribution in [3.05, 3.63) is 47.2 Å². The molecule has 0 saturated heterocycles. The molecule has 2 aliphatic rings. The Hall–Kier alpha value is -2.03. The standard InChI is InChI=1S/C12H11N.CH2O2/c1-13-7-6-11-10-5-3-2-4-9(10)8-12(11)13;2-1-3/h2-6,8H,7H2,1H3;1H,(H,2,3). The van der Waals surface area contributed by atoms with Crippen molar-refractivity contribution in [3.8, 4) is 0 Å². The number of nitrogens with zero attached hydrogens (tertiary/aromatic N) is 1. The molecule has 3 nitrogen and oxygen atoms in total. The Morgan fingerprint density at radius 2 is 2.06 bits per heavy atom. The van der Waals surface area contributed by atoms with Crippen molar-refractivity contribution in [2.45, 2.75) is 0 Å². The highest BCUT2D eigenvalue weighted by atomic mass is 16.3. The summed E-state index contributed by atoms with van der Waals surface area (Å²) in [5.41, 5.74) is 5.54. The molecule has 0 amide bonds. The molecular formula is C13H13NO2. The topological polar surface area (TPSA) is 40.5 Å². The smallest absolute Gasteiger partial charge is 0.290 e. The van der Waals surface area contributed by atoms with E-state index in [1.165, 1.54) is 22.4 Å². The fraction of sp³-hybridized carbons (Fsp3) is 0.154.